The van der Waals surface area contributed by atoms with Crippen LogP contribution in [0.25, 0.3) is 0 Å². The highest BCUT2D eigenvalue weighted by molar-refractivity contribution is 7.82. The maximum Gasteiger partial charge on any atom is 0.283 e. The Hall–Kier alpha value is -2.20. The van der Waals surface area contributed by atoms with E-state index in [0.717, 1.165) is 17.7 Å². The van der Waals surface area contributed by atoms with Crippen LogP contribution in [0, 0.1) is 0 Å². The number of nitrogens with one attached hydrogen (secondary N) is 2. The first-order valence-corrected chi connectivity index (χ1v) is 8.24. The van der Waals surface area contributed by atoms with Gasteiger partial charge in [-0.15, -0.1) is 0 Å². The Morgan fingerprint density at radius 1 is 1.09 bits per heavy atom. The van der Waals surface area contributed by atoms with Crippen LogP contribution < -0.4 is 10.6 Å². The van der Waals surface area contributed by atoms with E-state index in [1.807, 2.05) is 54.6 Å². The summed E-state index contributed by atoms with van der Waals surface area (Å²) in [5.74, 6) is 0.237. The standard InChI is InChI=1S/C19H22N2OS/c1-3-14(2)16-9-11-17(12-10-16)21-18(22)19(23)20-13-15-7-5-4-6-8-15/h4-12,14H,3,13H2,1-2H3,(H,20,23)(H,21,22). The molecule has 0 bridgehead atoms. The smallest absolute Gasteiger partial charge is 0.283 e. The van der Waals surface area contributed by atoms with Gasteiger partial charge in [-0.2, -0.15) is 0 Å². The molecule has 0 heterocycles. The van der Waals surface area contributed by atoms with Gasteiger partial charge in [0.05, 0.1) is 0 Å². The van der Waals surface area contributed by atoms with Crippen molar-refractivity contribution in [2.75, 3.05) is 5.32 Å². The highest BCUT2D eigenvalue weighted by Crippen LogP contribution is 2.20. The maximum absolute atomic E-state index is 12.1. The summed E-state index contributed by atoms with van der Waals surface area (Å²) < 4.78 is 0. The number of benzene rings is 2. The average molecular weight is 326 g/mol. The molecule has 0 aromatic heterocycles. The molecule has 120 valence electrons. The van der Waals surface area contributed by atoms with Gasteiger partial charge < -0.3 is 10.6 Å². The van der Waals surface area contributed by atoms with E-state index >= 15 is 0 Å². The second-order valence-electron chi connectivity index (χ2n) is 5.55. The number of amides is 1. The zero-order valence-electron chi connectivity index (χ0n) is 13.5. The molecule has 2 rings (SSSR count). The lowest BCUT2D eigenvalue weighted by Crippen LogP contribution is -2.33. The highest BCUT2D eigenvalue weighted by Gasteiger charge is 2.09. The van der Waals surface area contributed by atoms with Gasteiger partial charge in [-0.05, 0) is 35.6 Å². The quantitative estimate of drug-likeness (QED) is 0.807. The number of hydrogen-bond donors (Lipinski definition) is 2. The topological polar surface area (TPSA) is 41.1 Å². The molecule has 1 unspecified atom stereocenters. The third-order valence-corrected chi connectivity index (χ3v) is 4.18. The normalized spacial score (nSPS) is 11.6. The molecule has 0 spiro atoms. The third kappa shape index (κ3) is 5.18. The van der Waals surface area contributed by atoms with E-state index in [2.05, 4.69) is 24.5 Å². The Morgan fingerprint density at radius 3 is 2.35 bits per heavy atom. The lowest BCUT2D eigenvalue weighted by atomic mass is 9.99. The number of rotatable bonds is 5. The van der Waals surface area contributed by atoms with E-state index in [-0.39, 0.29) is 10.9 Å². The lowest BCUT2D eigenvalue weighted by molar-refractivity contribution is -0.110. The van der Waals surface area contributed by atoms with Gasteiger partial charge in [0.15, 0.2) is 4.99 Å². The predicted molar refractivity (Wildman–Crippen MR) is 99.7 cm³/mol. The minimum absolute atomic E-state index is 0.194. The molecule has 0 fully saturated rings. The Morgan fingerprint density at radius 2 is 1.74 bits per heavy atom. The van der Waals surface area contributed by atoms with E-state index < -0.39 is 0 Å². The highest BCUT2D eigenvalue weighted by atomic mass is 32.1. The first-order chi connectivity index (χ1) is 11.1. The molecule has 0 radical (unpaired) electrons. The number of hydrogen-bond acceptors (Lipinski definition) is 2. The predicted octanol–water partition coefficient (Wildman–Crippen LogP) is 4.26. The summed E-state index contributed by atoms with van der Waals surface area (Å²) in [6.07, 6.45) is 1.10. The van der Waals surface area contributed by atoms with E-state index in [1.54, 1.807) is 0 Å². The van der Waals surface area contributed by atoms with Gasteiger partial charge >= 0.3 is 0 Å². The van der Waals surface area contributed by atoms with Crippen molar-refractivity contribution in [2.45, 2.75) is 32.7 Å². The minimum Gasteiger partial charge on any atom is -0.368 e. The van der Waals surface area contributed by atoms with Crippen molar-refractivity contribution in [3.63, 3.8) is 0 Å². The van der Waals surface area contributed by atoms with Crippen LogP contribution in [-0.4, -0.2) is 10.9 Å². The zero-order chi connectivity index (χ0) is 16.7. The summed E-state index contributed by atoms with van der Waals surface area (Å²) in [4.78, 5) is 12.3. The molecule has 2 aromatic rings. The molecule has 2 N–H and O–H groups in total. The molecule has 1 amide bonds. The van der Waals surface area contributed by atoms with Gasteiger partial charge in [-0.25, -0.2) is 0 Å². The number of thiocarbonyl (C=S) groups is 1. The molecule has 23 heavy (non-hydrogen) atoms. The van der Waals surface area contributed by atoms with Crippen molar-refractivity contribution in [1.29, 1.82) is 0 Å². The van der Waals surface area contributed by atoms with E-state index in [4.69, 9.17) is 12.2 Å². The van der Waals surface area contributed by atoms with Crippen LogP contribution in [0.15, 0.2) is 54.6 Å². The Balaban J connectivity index is 1.87. The summed E-state index contributed by atoms with van der Waals surface area (Å²) in [6.45, 7) is 4.90. The molecule has 0 aliphatic carbocycles. The Kier molecular flexibility index (Phi) is 6.29. The van der Waals surface area contributed by atoms with E-state index in [9.17, 15) is 4.79 Å². The summed E-state index contributed by atoms with van der Waals surface area (Å²) in [5, 5.41) is 5.80. The largest absolute Gasteiger partial charge is 0.368 e. The first kappa shape index (κ1) is 17.2. The van der Waals surface area contributed by atoms with Crippen molar-refractivity contribution < 1.29 is 4.79 Å². The summed E-state index contributed by atoms with van der Waals surface area (Å²) >= 11 is 5.14. The number of anilines is 1. The molecular weight excluding hydrogens is 304 g/mol. The molecule has 0 aliphatic rings. The molecule has 4 heteroatoms. The minimum atomic E-state index is -0.285. The molecule has 0 saturated heterocycles. The van der Waals surface area contributed by atoms with Gasteiger partial charge in [0, 0.05) is 12.2 Å². The summed E-state index contributed by atoms with van der Waals surface area (Å²) in [7, 11) is 0. The van der Waals surface area contributed by atoms with Crippen LogP contribution in [0.2, 0.25) is 0 Å². The molecular formula is C19H22N2OS. The average Bonchev–Trinajstić information content (AvgIpc) is 2.60. The number of carbonyl (C=O) groups is 1. The van der Waals surface area contributed by atoms with Gasteiger partial charge in [-0.3, -0.25) is 4.79 Å². The SMILES string of the molecule is CCC(C)c1ccc(NC(=O)C(=S)NCc2ccccc2)cc1. The van der Waals surface area contributed by atoms with Crippen LogP contribution in [0.4, 0.5) is 5.69 Å². The molecule has 1 atom stereocenters. The zero-order valence-corrected chi connectivity index (χ0v) is 14.3. The summed E-state index contributed by atoms with van der Waals surface area (Å²) in [5.41, 5.74) is 3.11. The van der Waals surface area contributed by atoms with Crippen LogP contribution in [0.1, 0.15) is 37.3 Å². The lowest BCUT2D eigenvalue weighted by Gasteiger charge is -2.11. The van der Waals surface area contributed by atoms with Gasteiger partial charge in [0.2, 0.25) is 0 Å². The van der Waals surface area contributed by atoms with Gasteiger partial charge in [-0.1, -0.05) is 68.5 Å². The van der Waals surface area contributed by atoms with Crippen molar-refractivity contribution in [1.82, 2.24) is 5.32 Å². The fourth-order valence-corrected chi connectivity index (χ4v) is 2.30. The number of carbonyl (C=O) groups excluding carboxylic acids is 1. The molecule has 2 aromatic carbocycles. The van der Waals surface area contributed by atoms with Crippen molar-refractivity contribution in [3.05, 3.63) is 65.7 Å². The molecule has 0 aliphatic heterocycles. The fraction of sp³-hybridized carbons (Fsp3) is 0.263. The van der Waals surface area contributed by atoms with Crippen molar-refractivity contribution in [2.24, 2.45) is 0 Å². The summed E-state index contributed by atoms with van der Waals surface area (Å²) in [6, 6.07) is 17.8. The second-order valence-corrected chi connectivity index (χ2v) is 5.96. The van der Waals surface area contributed by atoms with Gasteiger partial charge in [0.1, 0.15) is 0 Å². The second kappa shape index (κ2) is 8.44. The van der Waals surface area contributed by atoms with Crippen molar-refractivity contribution >= 4 is 28.8 Å². The van der Waals surface area contributed by atoms with Crippen LogP contribution in [0.3, 0.4) is 0 Å². The monoisotopic (exact) mass is 326 g/mol. The van der Waals surface area contributed by atoms with E-state index in [1.165, 1.54) is 5.56 Å². The molecule has 0 saturated carbocycles. The van der Waals surface area contributed by atoms with Crippen LogP contribution in [-0.2, 0) is 11.3 Å². The first-order valence-electron chi connectivity index (χ1n) is 7.83. The van der Waals surface area contributed by atoms with E-state index in [0.29, 0.717) is 12.5 Å². The Labute approximate surface area is 143 Å². The fourth-order valence-electron chi connectivity index (χ4n) is 2.18. The van der Waals surface area contributed by atoms with Crippen LogP contribution in [0.5, 0.6) is 0 Å². The maximum atomic E-state index is 12.1. The Bertz CT molecular complexity index is 653. The van der Waals surface area contributed by atoms with Gasteiger partial charge in [0.25, 0.3) is 5.91 Å². The molecule has 3 nitrogen and oxygen atoms in total. The van der Waals surface area contributed by atoms with Crippen LogP contribution >= 0.6 is 12.2 Å². The third-order valence-electron chi connectivity index (χ3n) is 3.85. The van der Waals surface area contributed by atoms with Crippen molar-refractivity contribution in [3.8, 4) is 0 Å².